The van der Waals surface area contributed by atoms with Gasteiger partial charge in [0.15, 0.2) is 0 Å². The molecule has 2 saturated heterocycles. The molecule has 2 aliphatic rings. The maximum Gasteiger partial charge on any atom is 0.119 e. The van der Waals surface area contributed by atoms with Gasteiger partial charge in [0.2, 0.25) is 0 Å². The normalized spacial score (nSPS) is 26.9. The fourth-order valence-electron chi connectivity index (χ4n) is 3.94. The van der Waals surface area contributed by atoms with Crippen molar-refractivity contribution in [3.05, 3.63) is 29.8 Å². The highest BCUT2D eigenvalue weighted by molar-refractivity contribution is 5.27. The fraction of sp³-hybridized carbons (Fsp3) is 0.667. The number of nitrogens with zero attached hydrogens (tertiary/aromatic N) is 1. The summed E-state index contributed by atoms with van der Waals surface area (Å²) in [5, 5.41) is 3.61. The SMILES string of the molecule is CCOc1ccc(CN2CCCC3(CCCNC3)C2)cc1. The molecule has 0 aromatic heterocycles. The Balaban J connectivity index is 1.59. The molecule has 0 radical (unpaired) electrons. The Morgan fingerprint density at radius 1 is 1.19 bits per heavy atom. The van der Waals surface area contributed by atoms with Crippen molar-refractivity contribution in [2.75, 3.05) is 32.8 Å². The third kappa shape index (κ3) is 3.78. The molecule has 1 N–H and O–H groups in total. The van der Waals surface area contributed by atoms with Gasteiger partial charge in [-0.2, -0.15) is 0 Å². The van der Waals surface area contributed by atoms with E-state index in [0.29, 0.717) is 5.41 Å². The van der Waals surface area contributed by atoms with Crippen molar-refractivity contribution in [2.45, 2.75) is 39.2 Å². The number of ether oxygens (including phenoxy) is 1. The van der Waals surface area contributed by atoms with Crippen LogP contribution in [0.3, 0.4) is 0 Å². The molecule has 1 aromatic rings. The standard InChI is InChI=1S/C18H28N2O/c1-2-21-17-7-5-16(6-8-17)13-20-12-4-10-18(15-20)9-3-11-19-14-18/h5-8,19H,2-4,9-15H2,1H3. The van der Waals surface area contributed by atoms with Crippen LogP contribution in [0.1, 0.15) is 38.2 Å². The second kappa shape index (κ2) is 6.80. The van der Waals surface area contributed by atoms with Gasteiger partial charge in [-0.25, -0.2) is 0 Å². The summed E-state index contributed by atoms with van der Waals surface area (Å²) in [7, 11) is 0. The van der Waals surface area contributed by atoms with Gasteiger partial charge in [-0.15, -0.1) is 0 Å². The first-order chi connectivity index (χ1) is 10.3. The van der Waals surface area contributed by atoms with Crippen molar-refractivity contribution in [1.29, 1.82) is 0 Å². The lowest BCUT2D eigenvalue weighted by Crippen LogP contribution is -2.50. The topological polar surface area (TPSA) is 24.5 Å². The molecule has 1 aromatic carbocycles. The second-order valence-electron chi connectivity index (χ2n) is 6.67. The predicted molar refractivity (Wildman–Crippen MR) is 86.7 cm³/mol. The maximum absolute atomic E-state index is 5.52. The van der Waals surface area contributed by atoms with Crippen molar-refractivity contribution in [3.8, 4) is 5.75 Å². The average Bonchev–Trinajstić information content (AvgIpc) is 2.50. The van der Waals surface area contributed by atoms with E-state index in [-0.39, 0.29) is 0 Å². The first-order valence-electron chi connectivity index (χ1n) is 8.44. The lowest BCUT2D eigenvalue weighted by Gasteiger charge is -2.45. The van der Waals surface area contributed by atoms with Crippen molar-refractivity contribution in [1.82, 2.24) is 10.2 Å². The van der Waals surface area contributed by atoms with Crippen LogP contribution < -0.4 is 10.1 Å². The van der Waals surface area contributed by atoms with Crippen LogP contribution in [0.5, 0.6) is 5.75 Å². The summed E-state index contributed by atoms with van der Waals surface area (Å²) in [6.45, 7) is 8.77. The van der Waals surface area contributed by atoms with Crippen LogP contribution in [0.15, 0.2) is 24.3 Å². The Hall–Kier alpha value is -1.06. The molecule has 1 spiro atoms. The van der Waals surface area contributed by atoms with Gasteiger partial charge in [-0.05, 0) is 68.8 Å². The molecule has 2 heterocycles. The number of piperidine rings is 2. The minimum atomic E-state index is 0.543. The van der Waals surface area contributed by atoms with Crippen molar-refractivity contribution in [3.63, 3.8) is 0 Å². The summed E-state index contributed by atoms with van der Waals surface area (Å²) in [6, 6.07) is 8.62. The molecule has 0 bridgehead atoms. The van der Waals surface area contributed by atoms with E-state index in [2.05, 4.69) is 34.5 Å². The van der Waals surface area contributed by atoms with E-state index >= 15 is 0 Å². The zero-order valence-electron chi connectivity index (χ0n) is 13.2. The van der Waals surface area contributed by atoms with Gasteiger partial charge in [-0.3, -0.25) is 4.90 Å². The molecule has 2 fully saturated rings. The van der Waals surface area contributed by atoms with Crippen LogP contribution in [-0.2, 0) is 6.54 Å². The van der Waals surface area contributed by atoms with E-state index in [0.717, 1.165) is 18.9 Å². The summed E-state index contributed by atoms with van der Waals surface area (Å²) >= 11 is 0. The van der Waals surface area contributed by atoms with E-state index in [1.165, 1.54) is 57.4 Å². The van der Waals surface area contributed by atoms with E-state index in [1.54, 1.807) is 0 Å². The predicted octanol–water partition coefficient (Wildman–Crippen LogP) is 3.05. The fourth-order valence-corrected chi connectivity index (χ4v) is 3.94. The number of likely N-dealkylation sites (tertiary alicyclic amines) is 1. The maximum atomic E-state index is 5.52. The molecule has 0 saturated carbocycles. The van der Waals surface area contributed by atoms with Crippen molar-refractivity contribution >= 4 is 0 Å². The molecule has 1 unspecified atom stereocenters. The van der Waals surface area contributed by atoms with E-state index < -0.39 is 0 Å². The highest BCUT2D eigenvalue weighted by atomic mass is 16.5. The highest BCUT2D eigenvalue weighted by Gasteiger charge is 2.36. The van der Waals surface area contributed by atoms with Gasteiger partial charge in [0, 0.05) is 19.6 Å². The summed E-state index contributed by atoms with van der Waals surface area (Å²) in [5.41, 5.74) is 1.95. The molecule has 3 nitrogen and oxygen atoms in total. The third-order valence-corrected chi connectivity index (χ3v) is 4.94. The smallest absolute Gasteiger partial charge is 0.119 e. The van der Waals surface area contributed by atoms with Crippen LogP contribution in [0, 0.1) is 5.41 Å². The van der Waals surface area contributed by atoms with Gasteiger partial charge >= 0.3 is 0 Å². The number of nitrogens with one attached hydrogen (secondary N) is 1. The summed E-state index contributed by atoms with van der Waals surface area (Å²) < 4.78 is 5.52. The first-order valence-corrected chi connectivity index (χ1v) is 8.44. The Morgan fingerprint density at radius 3 is 2.71 bits per heavy atom. The molecular formula is C18H28N2O. The quantitative estimate of drug-likeness (QED) is 0.921. The zero-order chi connectivity index (χ0) is 14.5. The van der Waals surface area contributed by atoms with Crippen molar-refractivity contribution < 1.29 is 4.74 Å². The lowest BCUT2D eigenvalue weighted by molar-refractivity contribution is 0.0600. The van der Waals surface area contributed by atoms with Crippen LogP contribution in [-0.4, -0.2) is 37.7 Å². The lowest BCUT2D eigenvalue weighted by atomic mass is 9.74. The first kappa shape index (κ1) is 14.9. The Morgan fingerprint density at radius 2 is 2.00 bits per heavy atom. The Labute approximate surface area is 128 Å². The van der Waals surface area contributed by atoms with Gasteiger partial charge in [0.05, 0.1) is 6.61 Å². The molecule has 0 aliphatic carbocycles. The number of hydrogen-bond donors (Lipinski definition) is 1. The average molecular weight is 288 g/mol. The van der Waals surface area contributed by atoms with Gasteiger partial charge in [0.25, 0.3) is 0 Å². The molecule has 3 heteroatoms. The van der Waals surface area contributed by atoms with E-state index in [9.17, 15) is 0 Å². The van der Waals surface area contributed by atoms with E-state index in [1.807, 2.05) is 6.92 Å². The molecule has 2 aliphatic heterocycles. The molecule has 0 amide bonds. The molecule has 21 heavy (non-hydrogen) atoms. The van der Waals surface area contributed by atoms with Gasteiger partial charge in [0.1, 0.15) is 5.75 Å². The van der Waals surface area contributed by atoms with Crippen LogP contribution in [0.2, 0.25) is 0 Å². The molecule has 116 valence electrons. The van der Waals surface area contributed by atoms with Gasteiger partial charge in [-0.1, -0.05) is 12.1 Å². The van der Waals surface area contributed by atoms with Crippen molar-refractivity contribution in [2.24, 2.45) is 5.41 Å². The third-order valence-electron chi connectivity index (χ3n) is 4.94. The monoisotopic (exact) mass is 288 g/mol. The summed E-state index contributed by atoms with van der Waals surface area (Å²) in [6.07, 6.45) is 5.50. The summed E-state index contributed by atoms with van der Waals surface area (Å²) in [5.74, 6) is 0.979. The minimum Gasteiger partial charge on any atom is -0.494 e. The van der Waals surface area contributed by atoms with E-state index in [4.69, 9.17) is 4.74 Å². The van der Waals surface area contributed by atoms with Crippen LogP contribution >= 0.6 is 0 Å². The largest absolute Gasteiger partial charge is 0.494 e. The number of hydrogen-bond acceptors (Lipinski definition) is 3. The molecular weight excluding hydrogens is 260 g/mol. The summed E-state index contributed by atoms with van der Waals surface area (Å²) in [4.78, 5) is 2.65. The van der Waals surface area contributed by atoms with Crippen LogP contribution in [0.25, 0.3) is 0 Å². The number of rotatable bonds is 4. The van der Waals surface area contributed by atoms with Crippen LogP contribution in [0.4, 0.5) is 0 Å². The Bertz CT molecular complexity index is 432. The molecule has 1 atom stereocenters. The zero-order valence-corrected chi connectivity index (χ0v) is 13.2. The Kier molecular flexibility index (Phi) is 4.81. The molecule has 3 rings (SSSR count). The minimum absolute atomic E-state index is 0.543. The second-order valence-corrected chi connectivity index (χ2v) is 6.67. The number of benzene rings is 1. The highest BCUT2D eigenvalue weighted by Crippen LogP contribution is 2.36. The van der Waals surface area contributed by atoms with Gasteiger partial charge < -0.3 is 10.1 Å².